The summed E-state index contributed by atoms with van der Waals surface area (Å²) in [6.07, 6.45) is 2.98. The molecule has 0 spiro atoms. The van der Waals surface area contributed by atoms with Crippen LogP contribution in [-0.4, -0.2) is 39.0 Å². The molecule has 0 aliphatic rings. The monoisotopic (exact) mass is 321 g/mol. The average Bonchev–Trinajstić information content (AvgIpc) is 2.90. The lowest BCUT2D eigenvalue weighted by Crippen LogP contribution is -2.39. The van der Waals surface area contributed by atoms with Gasteiger partial charge in [-0.1, -0.05) is 0 Å². The fourth-order valence-electron chi connectivity index (χ4n) is 2.22. The highest BCUT2D eigenvalue weighted by molar-refractivity contribution is 5.76. The van der Waals surface area contributed by atoms with Crippen molar-refractivity contribution >= 4 is 5.91 Å². The predicted octanol–water partition coefficient (Wildman–Crippen LogP) is -0.918. The summed E-state index contributed by atoms with van der Waals surface area (Å²) in [6.45, 7) is 1.63. The molecule has 0 saturated carbocycles. The van der Waals surface area contributed by atoms with Crippen molar-refractivity contribution < 1.29 is 9.53 Å². The normalized spacial score (nSPS) is 12.1. The summed E-state index contributed by atoms with van der Waals surface area (Å²) < 4.78 is 7.91. The van der Waals surface area contributed by atoms with E-state index < -0.39 is 11.2 Å². The molecular weight excluding hydrogens is 302 g/mol. The molecule has 2 N–H and O–H groups in total. The highest BCUT2D eigenvalue weighted by atomic mass is 16.5. The Balaban J connectivity index is 2.14. The van der Waals surface area contributed by atoms with Crippen molar-refractivity contribution in [3.05, 3.63) is 50.6 Å². The number of aromatic nitrogens is 4. The van der Waals surface area contributed by atoms with Crippen LogP contribution in [0.25, 0.3) is 0 Å². The number of carbonyl (C=O) groups excluding carboxylic acids is 1. The van der Waals surface area contributed by atoms with Gasteiger partial charge in [-0.3, -0.25) is 23.8 Å². The molecule has 1 amide bonds. The lowest BCUT2D eigenvalue weighted by Gasteiger charge is -2.18. The van der Waals surface area contributed by atoms with Crippen molar-refractivity contribution in [1.29, 1.82) is 0 Å². The number of rotatable bonds is 6. The number of H-pyrrole nitrogens is 1. The summed E-state index contributed by atoms with van der Waals surface area (Å²) in [4.78, 5) is 37.4. The minimum absolute atomic E-state index is 0.200. The second-order valence-corrected chi connectivity index (χ2v) is 5.15. The van der Waals surface area contributed by atoms with Crippen LogP contribution in [0.1, 0.15) is 17.3 Å². The number of nitrogens with zero attached hydrogens (tertiary/aromatic N) is 3. The number of ether oxygens (including phenoxy) is 1. The van der Waals surface area contributed by atoms with Gasteiger partial charge in [0.2, 0.25) is 5.91 Å². The number of nitrogens with one attached hydrogen (secondary N) is 2. The number of amides is 1. The van der Waals surface area contributed by atoms with Crippen LogP contribution in [0.2, 0.25) is 0 Å². The van der Waals surface area contributed by atoms with E-state index in [9.17, 15) is 14.4 Å². The first kappa shape index (κ1) is 16.7. The Kier molecular flexibility index (Phi) is 5.12. The molecule has 9 nitrogen and oxygen atoms in total. The molecule has 0 fully saturated rings. The first-order valence-electron chi connectivity index (χ1n) is 6.99. The summed E-state index contributed by atoms with van der Waals surface area (Å²) in [7, 11) is 3.30. The van der Waals surface area contributed by atoms with Gasteiger partial charge in [-0.15, -0.1) is 0 Å². The number of carbonyl (C=O) groups is 1. The zero-order chi connectivity index (χ0) is 17.0. The van der Waals surface area contributed by atoms with Crippen LogP contribution in [-0.2, 0) is 23.1 Å². The average molecular weight is 321 g/mol. The Labute approximate surface area is 131 Å². The molecule has 2 heterocycles. The highest BCUT2D eigenvalue weighted by Gasteiger charge is 2.18. The van der Waals surface area contributed by atoms with E-state index in [0.717, 1.165) is 10.3 Å². The molecule has 0 saturated heterocycles. The summed E-state index contributed by atoms with van der Waals surface area (Å²) in [5.74, 6) is -0.373. The van der Waals surface area contributed by atoms with Gasteiger partial charge in [0.1, 0.15) is 6.54 Å². The third-order valence-corrected chi connectivity index (χ3v) is 3.39. The van der Waals surface area contributed by atoms with Gasteiger partial charge >= 0.3 is 5.69 Å². The lowest BCUT2D eigenvalue weighted by molar-refractivity contribution is -0.122. The Hall–Kier alpha value is -2.68. The van der Waals surface area contributed by atoms with Gasteiger partial charge in [0, 0.05) is 32.1 Å². The van der Waals surface area contributed by atoms with Crippen molar-refractivity contribution in [2.45, 2.75) is 19.5 Å². The van der Waals surface area contributed by atoms with E-state index in [1.807, 2.05) is 0 Å². The second-order valence-electron chi connectivity index (χ2n) is 5.15. The molecule has 0 aromatic carbocycles. The first-order chi connectivity index (χ1) is 10.9. The second kappa shape index (κ2) is 7.05. The highest BCUT2D eigenvalue weighted by Crippen LogP contribution is 2.11. The third kappa shape index (κ3) is 3.95. The molecule has 23 heavy (non-hydrogen) atoms. The molecule has 1 atom stereocenters. The van der Waals surface area contributed by atoms with Gasteiger partial charge in [0.05, 0.1) is 18.3 Å². The Morgan fingerprint density at radius 2 is 2.22 bits per heavy atom. The van der Waals surface area contributed by atoms with E-state index in [-0.39, 0.29) is 25.1 Å². The Morgan fingerprint density at radius 3 is 2.83 bits per heavy atom. The summed E-state index contributed by atoms with van der Waals surface area (Å²) in [6, 6.07) is 1.39. The van der Waals surface area contributed by atoms with E-state index in [0.29, 0.717) is 5.56 Å². The number of aryl methyl sites for hydroxylation is 2. The number of aromatic amines is 1. The van der Waals surface area contributed by atoms with Gasteiger partial charge in [-0.2, -0.15) is 5.10 Å². The Morgan fingerprint density at radius 1 is 1.48 bits per heavy atom. The zero-order valence-corrected chi connectivity index (χ0v) is 13.2. The largest absolute Gasteiger partial charge is 0.382 e. The third-order valence-electron chi connectivity index (χ3n) is 3.39. The van der Waals surface area contributed by atoms with Crippen LogP contribution in [0.15, 0.2) is 28.0 Å². The minimum atomic E-state index is -0.625. The van der Waals surface area contributed by atoms with Crippen LogP contribution in [0.3, 0.4) is 0 Å². The molecular formula is C14H19N5O4. The molecule has 124 valence electrons. The standard InChI is InChI=1S/C14H19N5O4/c1-9-6-19(14(22)17-13(9)21)7-12(20)16-10(8-23-3)11-4-5-15-18(11)2/h4-6,10H,7-8H2,1-3H3,(H,16,20)(H,17,21,22). The van der Waals surface area contributed by atoms with Crippen molar-refractivity contribution in [2.75, 3.05) is 13.7 Å². The molecule has 2 rings (SSSR count). The minimum Gasteiger partial charge on any atom is -0.382 e. The van der Waals surface area contributed by atoms with E-state index in [4.69, 9.17) is 4.74 Å². The molecule has 0 bridgehead atoms. The molecule has 0 aliphatic heterocycles. The van der Waals surface area contributed by atoms with Gasteiger partial charge < -0.3 is 10.1 Å². The Bertz CT molecular complexity index is 804. The first-order valence-corrected chi connectivity index (χ1v) is 6.99. The zero-order valence-electron chi connectivity index (χ0n) is 13.2. The topological polar surface area (TPSA) is 111 Å². The lowest BCUT2D eigenvalue weighted by atomic mass is 10.2. The van der Waals surface area contributed by atoms with Crippen molar-refractivity contribution in [3.8, 4) is 0 Å². The van der Waals surface area contributed by atoms with Gasteiger partial charge in [0.15, 0.2) is 0 Å². The van der Waals surface area contributed by atoms with Crippen LogP contribution in [0, 0.1) is 6.92 Å². The maximum atomic E-state index is 12.2. The summed E-state index contributed by atoms with van der Waals surface area (Å²) in [5, 5.41) is 6.86. The van der Waals surface area contributed by atoms with Crippen LogP contribution >= 0.6 is 0 Å². The van der Waals surface area contributed by atoms with Crippen molar-refractivity contribution in [1.82, 2.24) is 24.6 Å². The number of methoxy groups -OCH3 is 1. The molecule has 1 unspecified atom stereocenters. The predicted molar refractivity (Wildman–Crippen MR) is 82.0 cm³/mol. The molecule has 2 aromatic heterocycles. The maximum Gasteiger partial charge on any atom is 0.328 e. The van der Waals surface area contributed by atoms with Gasteiger partial charge in [-0.05, 0) is 13.0 Å². The molecule has 0 radical (unpaired) electrons. The SMILES string of the molecule is COCC(NC(=O)Cn1cc(C)c(=O)[nH]c1=O)c1ccnn1C. The van der Waals surface area contributed by atoms with Gasteiger partial charge in [0.25, 0.3) is 5.56 Å². The fraction of sp³-hybridized carbons (Fsp3) is 0.429. The summed E-state index contributed by atoms with van der Waals surface area (Å²) >= 11 is 0. The van der Waals surface area contributed by atoms with E-state index in [1.54, 1.807) is 30.9 Å². The van der Waals surface area contributed by atoms with Gasteiger partial charge in [-0.25, -0.2) is 4.79 Å². The fourth-order valence-corrected chi connectivity index (χ4v) is 2.22. The molecule has 9 heteroatoms. The smallest absolute Gasteiger partial charge is 0.328 e. The van der Waals surface area contributed by atoms with E-state index in [2.05, 4.69) is 15.4 Å². The van der Waals surface area contributed by atoms with E-state index >= 15 is 0 Å². The van der Waals surface area contributed by atoms with E-state index in [1.165, 1.54) is 13.3 Å². The van der Waals surface area contributed by atoms with Crippen LogP contribution in [0.5, 0.6) is 0 Å². The quantitative estimate of drug-likeness (QED) is 0.715. The van der Waals surface area contributed by atoms with Crippen molar-refractivity contribution in [3.63, 3.8) is 0 Å². The molecule has 2 aromatic rings. The summed E-state index contributed by atoms with van der Waals surface area (Å²) in [5.41, 5.74) is 0.0565. The van der Waals surface area contributed by atoms with Crippen LogP contribution in [0.4, 0.5) is 0 Å². The number of hydrogen-bond acceptors (Lipinski definition) is 5. The van der Waals surface area contributed by atoms with Crippen LogP contribution < -0.4 is 16.6 Å². The maximum absolute atomic E-state index is 12.2. The number of hydrogen-bond donors (Lipinski definition) is 2. The molecule has 0 aliphatic carbocycles. The van der Waals surface area contributed by atoms with Crippen molar-refractivity contribution in [2.24, 2.45) is 7.05 Å².